The molecule has 0 aliphatic carbocycles. The maximum absolute atomic E-state index is 13.1. The molecule has 0 heterocycles. The van der Waals surface area contributed by atoms with Gasteiger partial charge < -0.3 is 33.8 Å². The lowest BCUT2D eigenvalue weighted by atomic mass is 9.99. The zero-order chi connectivity index (χ0) is 74.6. The number of carbonyl (C=O) groups excluding carboxylic acids is 4. The van der Waals surface area contributed by atoms with Crippen LogP contribution in [0.2, 0.25) is 0 Å². The number of aliphatic hydroxyl groups excluding tert-OH is 1. The molecule has 4 unspecified atom stereocenters. The highest BCUT2D eigenvalue weighted by molar-refractivity contribution is 7.47. The molecule has 0 bridgehead atoms. The molecule has 101 heavy (non-hydrogen) atoms. The van der Waals surface area contributed by atoms with E-state index in [1.54, 1.807) is 0 Å². The number of phosphoric ester groups is 2. The standard InChI is InChI=1S/C82H160O17P2/c1-9-75(8)61-53-45-37-29-23-17-11-13-19-26-32-40-49-57-64-81(86)98-77(68-92-79(84)62-54-46-38-30-24-20-14-16-22-28-35-43-51-59-73(4)5)70-96-100(88,89)94-66-76(83)67-95-101(90,91)97-71-78(69-93-80(85)63-55-47-41-33-36-44-52-60-74(6)7)99-82(87)65-56-48-39-31-25-18-12-10-15-21-27-34-42-50-58-72(2)3/h72-78,83H,9-71H2,1-8H3,(H,88,89)(H,90,91)/t75?,76?,77-,78-/m1/s1. The summed E-state index contributed by atoms with van der Waals surface area (Å²) < 4.78 is 68.8. The smallest absolute Gasteiger partial charge is 0.462 e. The second-order valence-corrected chi connectivity index (χ2v) is 34.1. The molecule has 0 aromatic rings. The van der Waals surface area contributed by atoms with Crippen LogP contribution in [0.5, 0.6) is 0 Å². The molecule has 0 amide bonds. The number of esters is 4. The first-order valence-corrected chi connectivity index (χ1v) is 45.2. The molecular weight excluding hydrogens is 1320 g/mol. The molecule has 0 aliphatic rings. The third-order valence-corrected chi connectivity index (χ3v) is 21.3. The zero-order valence-corrected chi connectivity index (χ0v) is 68.3. The summed E-state index contributed by atoms with van der Waals surface area (Å²) in [7, 11) is -9.92. The van der Waals surface area contributed by atoms with Gasteiger partial charge in [-0.15, -0.1) is 0 Å². The first-order chi connectivity index (χ1) is 48.6. The van der Waals surface area contributed by atoms with Gasteiger partial charge in [-0.05, 0) is 49.4 Å². The topological polar surface area (TPSA) is 237 Å². The Hall–Kier alpha value is -1.94. The number of carbonyl (C=O) groups is 4. The Kier molecular flexibility index (Phi) is 69.6. The largest absolute Gasteiger partial charge is 0.472 e. The van der Waals surface area contributed by atoms with Gasteiger partial charge in [-0.3, -0.25) is 37.3 Å². The van der Waals surface area contributed by atoms with E-state index < -0.39 is 97.5 Å². The highest BCUT2D eigenvalue weighted by Gasteiger charge is 2.30. The Morgan fingerprint density at radius 2 is 0.475 bits per heavy atom. The van der Waals surface area contributed by atoms with E-state index in [9.17, 15) is 43.2 Å². The van der Waals surface area contributed by atoms with Gasteiger partial charge >= 0.3 is 39.5 Å². The summed E-state index contributed by atoms with van der Waals surface area (Å²) in [6.45, 7) is 14.3. The molecular formula is C82H160O17P2. The molecule has 19 heteroatoms. The van der Waals surface area contributed by atoms with Crippen molar-refractivity contribution in [1.29, 1.82) is 0 Å². The van der Waals surface area contributed by atoms with Crippen molar-refractivity contribution in [3.8, 4) is 0 Å². The van der Waals surface area contributed by atoms with E-state index in [1.165, 1.54) is 218 Å². The predicted molar refractivity (Wildman–Crippen MR) is 414 cm³/mol. The quantitative estimate of drug-likeness (QED) is 0.0222. The van der Waals surface area contributed by atoms with Gasteiger partial charge in [0.1, 0.15) is 19.3 Å². The Labute approximate surface area is 619 Å². The molecule has 17 nitrogen and oxygen atoms in total. The van der Waals surface area contributed by atoms with Gasteiger partial charge in [0.25, 0.3) is 0 Å². The molecule has 0 fully saturated rings. The second-order valence-electron chi connectivity index (χ2n) is 31.2. The van der Waals surface area contributed by atoms with Crippen LogP contribution in [0.15, 0.2) is 0 Å². The van der Waals surface area contributed by atoms with Crippen LogP contribution in [0, 0.1) is 23.7 Å². The van der Waals surface area contributed by atoms with E-state index >= 15 is 0 Å². The van der Waals surface area contributed by atoms with Crippen molar-refractivity contribution in [1.82, 2.24) is 0 Å². The van der Waals surface area contributed by atoms with E-state index in [-0.39, 0.29) is 25.7 Å². The minimum Gasteiger partial charge on any atom is -0.462 e. The molecule has 0 aliphatic heterocycles. The minimum atomic E-state index is -4.96. The SMILES string of the molecule is CCC(C)CCCCCCCCCCCCCCCCC(=O)O[C@H](COC(=O)CCCCCCCCCCCCCCCC(C)C)COP(=O)(O)OCC(O)COP(=O)(O)OC[C@@H](COC(=O)CCCCCCCCCC(C)C)OC(=O)CCCCCCCCCCCCCCCCC(C)C. The van der Waals surface area contributed by atoms with Crippen LogP contribution in [-0.2, 0) is 65.4 Å². The Bertz CT molecular complexity index is 1970. The van der Waals surface area contributed by atoms with E-state index in [1.807, 2.05) is 0 Å². The van der Waals surface area contributed by atoms with Gasteiger partial charge in [0.2, 0.25) is 0 Å². The van der Waals surface area contributed by atoms with Crippen molar-refractivity contribution in [2.75, 3.05) is 39.6 Å². The predicted octanol–water partition coefficient (Wildman–Crippen LogP) is 24.4. The first-order valence-electron chi connectivity index (χ1n) is 42.2. The molecule has 0 aromatic heterocycles. The summed E-state index contributed by atoms with van der Waals surface area (Å²) in [5.41, 5.74) is 0. The van der Waals surface area contributed by atoms with Crippen molar-refractivity contribution in [2.45, 2.75) is 440 Å². The fourth-order valence-electron chi connectivity index (χ4n) is 12.6. The molecule has 0 spiro atoms. The summed E-state index contributed by atoms with van der Waals surface area (Å²) in [6, 6.07) is 0. The van der Waals surface area contributed by atoms with Crippen molar-refractivity contribution in [3.05, 3.63) is 0 Å². The molecule has 0 radical (unpaired) electrons. The fraction of sp³-hybridized carbons (Fsp3) is 0.951. The summed E-state index contributed by atoms with van der Waals surface area (Å²) in [5, 5.41) is 10.7. The molecule has 3 N–H and O–H groups in total. The first kappa shape index (κ1) is 99.1. The van der Waals surface area contributed by atoms with Crippen LogP contribution < -0.4 is 0 Å². The van der Waals surface area contributed by atoms with Gasteiger partial charge in [0.05, 0.1) is 26.4 Å². The van der Waals surface area contributed by atoms with E-state index in [4.69, 9.17) is 37.0 Å². The van der Waals surface area contributed by atoms with Crippen LogP contribution in [-0.4, -0.2) is 96.7 Å². The van der Waals surface area contributed by atoms with Gasteiger partial charge in [-0.2, -0.15) is 0 Å². The maximum atomic E-state index is 13.1. The van der Waals surface area contributed by atoms with Gasteiger partial charge in [-0.25, -0.2) is 9.13 Å². The second kappa shape index (κ2) is 71.0. The summed E-state index contributed by atoms with van der Waals surface area (Å²) in [4.78, 5) is 73.1. The number of rotatable bonds is 79. The fourth-order valence-corrected chi connectivity index (χ4v) is 14.2. The highest BCUT2D eigenvalue weighted by Crippen LogP contribution is 2.45. The van der Waals surface area contributed by atoms with Gasteiger partial charge in [0.15, 0.2) is 12.2 Å². The normalized spacial score (nSPS) is 14.3. The average Bonchev–Trinajstić information content (AvgIpc) is 0.925. The van der Waals surface area contributed by atoms with Crippen LogP contribution in [0.25, 0.3) is 0 Å². The molecule has 0 rings (SSSR count). The summed E-state index contributed by atoms with van der Waals surface area (Å²) >= 11 is 0. The number of unbranched alkanes of at least 4 members (excludes halogenated alkanes) is 44. The van der Waals surface area contributed by atoms with Gasteiger partial charge in [0, 0.05) is 25.7 Å². The highest BCUT2D eigenvalue weighted by atomic mass is 31.2. The molecule has 6 atom stereocenters. The minimum absolute atomic E-state index is 0.106. The van der Waals surface area contributed by atoms with E-state index in [0.29, 0.717) is 31.6 Å². The van der Waals surface area contributed by atoms with Gasteiger partial charge in [-0.1, -0.05) is 370 Å². The molecule has 0 saturated heterocycles. The monoisotopic (exact) mass is 1480 g/mol. The number of hydrogen-bond acceptors (Lipinski definition) is 15. The van der Waals surface area contributed by atoms with Crippen LogP contribution >= 0.6 is 15.6 Å². The lowest BCUT2D eigenvalue weighted by molar-refractivity contribution is -0.161. The van der Waals surface area contributed by atoms with Crippen molar-refractivity contribution in [2.24, 2.45) is 23.7 Å². The summed E-state index contributed by atoms with van der Waals surface area (Å²) in [6.07, 6.45) is 58.2. The molecule has 0 aromatic carbocycles. The average molecular weight is 1480 g/mol. The zero-order valence-electron chi connectivity index (χ0n) is 66.5. The number of hydrogen-bond donors (Lipinski definition) is 3. The van der Waals surface area contributed by atoms with Crippen LogP contribution in [0.3, 0.4) is 0 Å². The van der Waals surface area contributed by atoms with Crippen molar-refractivity contribution in [3.63, 3.8) is 0 Å². The Morgan fingerprint density at radius 1 is 0.277 bits per heavy atom. The molecule has 600 valence electrons. The summed E-state index contributed by atoms with van der Waals surface area (Å²) in [5.74, 6) is 1.02. The number of phosphoric acid groups is 2. The molecule has 0 saturated carbocycles. The number of aliphatic hydroxyl groups is 1. The Morgan fingerprint density at radius 3 is 0.703 bits per heavy atom. The van der Waals surface area contributed by atoms with Crippen LogP contribution in [0.1, 0.15) is 421 Å². The lowest BCUT2D eigenvalue weighted by Gasteiger charge is -2.21. The van der Waals surface area contributed by atoms with E-state index in [0.717, 1.165) is 114 Å². The van der Waals surface area contributed by atoms with Crippen LogP contribution in [0.4, 0.5) is 0 Å². The Balaban J connectivity index is 5.25. The van der Waals surface area contributed by atoms with Crippen molar-refractivity contribution < 1.29 is 80.2 Å². The number of ether oxygens (including phenoxy) is 4. The van der Waals surface area contributed by atoms with E-state index in [2.05, 4.69) is 55.4 Å². The maximum Gasteiger partial charge on any atom is 0.472 e. The lowest BCUT2D eigenvalue weighted by Crippen LogP contribution is -2.30. The van der Waals surface area contributed by atoms with Crippen molar-refractivity contribution >= 4 is 39.5 Å². The third kappa shape index (κ3) is 74.7. The third-order valence-electron chi connectivity index (χ3n) is 19.4.